The Morgan fingerprint density at radius 1 is 1.55 bits per heavy atom. The molecule has 2 nitrogen and oxygen atoms in total. The highest BCUT2D eigenvalue weighted by Gasteiger charge is 2.24. The van der Waals surface area contributed by atoms with Crippen molar-refractivity contribution < 1.29 is 5.11 Å². The maximum absolute atomic E-state index is 9.63. The van der Waals surface area contributed by atoms with Crippen LogP contribution < -0.4 is 0 Å². The first-order valence-electron chi connectivity index (χ1n) is 4.60. The number of hydrogen-bond donors (Lipinski definition) is 1. The van der Waals surface area contributed by atoms with Gasteiger partial charge in [-0.1, -0.05) is 13.3 Å². The summed E-state index contributed by atoms with van der Waals surface area (Å²) in [6, 6.07) is 0. The van der Waals surface area contributed by atoms with Crippen LogP contribution in [0.15, 0.2) is 0 Å². The van der Waals surface area contributed by atoms with Gasteiger partial charge in [-0.25, -0.2) is 0 Å². The van der Waals surface area contributed by atoms with Crippen LogP contribution in [0, 0.1) is 5.92 Å². The van der Waals surface area contributed by atoms with Gasteiger partial charge in [0.2, 0.25) is 0 Å². The van der Waals surface area contributed by atoms with Crippen molar-refractivity contribution in [2.75, 3.05) is 20.1 Å². The predicted octanol–water partition coefficient (Wildman–Crippen LogP) is 1.10. The summed E-state index contributed by atoms with van der Waals surface area (Å²) in [4.78, 5) is 2.21. The maximum atomic E-state index is 9.63. The van der Waals surface area contributed by atoms with Crippen LogP contribution in [0.4, 0.5) is 0 Å². The SMILES string of the molecule is CCCC1CCN(C)CC1O. The smallest absolute Gasteiger partial charge is 0.0695 e. The monoisotopic (exact) mass is 157 g/mol. The minimum absolute atomic E-state index is 0.0753. The third-order valence-corrected chi connectivity index (χ3v) is 2.58. The number of hydrogen-bond acceptors (Lipinski definition) is 2. The van der Waals surface area contributed by atoms with E-state index in [-0.39, 0.29) is 6.10 Å². The van der Waals surface area contributed by atoms with Crippen LogP contribution in [0.25, 0.3) is 0 Å². The topological polar surface area (TPSA) is 23.5 Å². The van der Waals surface area contributed by atoms with Gasteiger partial charge in [-0.05, 0) is 32.4 Å². The van der Waals surface area contributed by atoms with E-state index >= 15 is 0 Å². The average Bonchev–Trinajstić information content (AvgIpc) is 1.95. The molecule has 66 valence electrons. The molecule has 2 atom stereocenters. The Morgan fingerprint density at radius 3 is 2.82 bits per heavy atom. The quantitative estimate of drug-likeness (QED) is 0.649. The number of likely N-dealkylation sites (N-methyl/N-ethyl adjacent to an activating group) is 1. The molecule has 2 unspecified atom stereocenters. The van der Waals surface area contributed by atoms with Crippen LogP contribution in [-0.4, -0.2) is 36.2 Å². The Kier molecular flexibility index (Phi) is 3.34. The van der Waals surface area contributed by atoms with Crippen LogP contribution >= 0.6 is 0 Å². The fraction of sp³-hybridized carbons (Fsp3) is 1.00. The minimum atomic E-state index is -0.0753. The third-order valence-electron chi connectivity index (χ3n) is 2.58. The van der Waals surface area contributed by atoms with Gasteiger partial charge < -0.3 is 10.0 Å². The van der Waals surface area contributed by atoms with E-state index in [1.165, 1.54) is 19.3 Å². The summed E-state index contributed by atoms with van der Waals surface area (Å²) in [5.74, 6) is 0.566. The lowest BCUT2D eigenvalue weighted by molar-refractivity contribution is 0.0285. The van der Waals surface area contributed by atoms with Crippen molar-refractivity contribution in [3.63, 3.8) is 0 Å². The Balaban J connectivity index is 2.31. The maximum Gasteiger partial charge on any atom is 0.0695 e. The molecule has 0 spiro atoms. The van der Waals surface area contributed by atoms with E-state index in [9.17, 15) is 5.11 Å². The van der Waals surface area contributed by atoms with Gasteiger partial charge in [-0.3, -0.25) is 0 Å². The van der Waals surface area contributed by atoms with Crippen molar-refractivity contribution in [3.05, 3.63) is 0 Å². The molecule has 0 saturated carbocycles. The molecule has 1 rings (SSSR count). The van der Waals surface area contributed by atoms with Crippen LogP contribution in [0.1, 0.15) is 26.2 Å². The molecule has 1 saturated heterocycles. The highest BCUT2D eigenvalue weighted by molar-refractivity contribution is 4.77. The summed E-state index contributed by atoms with van der Waals surface area (Å²) in [5, 5.41) is 9.63. The standard InChI is InChI=1S/C9H19NO/c1-3-4-8-5-6-10(2)7-9(8)11/h8-9,11H,3-7H2,1-2H3. The average molecular weight is 157 g/mol. The summed E-state index contributed by atoms with van der Waals surface area (Å²) in [6.07, 6.45) is 3.49. The molecule has 0 aromatic carbocycles. The molecule has 1 N–H and O–H groups in total. The fourth-order valence-electron chi connectivity index (χ4n) is 1.85. The van der Waals surface area contributed by atoms with Gasteiger partial charge in [0.25, 0.3) is 0 Å². The fourth-order valence-corrected chi connectivity index (χ4v) is 1.85. The first kappa shape index (κ1) is 9.01. The second kappa shape index (κ2) is 4.07. The molecule has 0 amide bonds. The van der Waals surface area contributed by atoms with Crippen LogP contribution in [0.5, 0.6) is 0 Å². The van der Waals surface area contributed by atoms with Crippen molar-refractivity contribution in [1.82, 2.24) is 4.90 Å². The number of rotatable bonds is 2. The number of piperidine rings is 1. The number of nitrogens with zero attached hydrogens (tertiary/aromatic N) is 1. The zero-order valence-corrected chi connectivity index (χ0v) is 7.58. The first-order valence-corrected chi connectivity index (χ1v) is 4.60. The van der Waals surface area contributed by atoms with Crippen LogP contribution in [-0.2, 0) is 0 Å². The second-order valence-corrected chi connectivity index (χ2v) is 3.67. The van der Waals surface area contributed by atoms with Gasteiger partial charge in [0.15, 0.2) is 0 Å². The van der Waals surface area contributed by atoms with E-state index in [0.717, 1.165) is 13.1 Å². The van der Waals surface area contributed by atoms with E-state index in [2.05, 4.69) is 18.9 Å². The van der Waals surface area contributed by atoms with E-state index in [1.807, 2.05) is 0 Å². The Labute approximate surface area is 69.2 Å². The van der Waals surface area contributed by atoms with Gasteiger partial charge in [0.05, 0.1) is 6.10 Å². The zero-order valence-electron chi connectivity index (χ0n) is 7.58. The summed E-state index contributed by atoms with van der Waals surface area (Å²) in [5.41, 5.74) is 0. The van der Waals surface area contributed by atoms with Crippen LogP contribution in [0.3, 0.4) is 0 Å². The largest absolute Gasteiger partial charge is 0.392 e. The molecular weight excluding hydrogens is 138 g/mol. The molecular formula is C9H19NO. The molecule has 0 aromatic rings. The van der Waals surface area contributed by atoms with Crippen molar-refractivity contribution >= 4 is 0 Å². The molecule has 0 aliphatic carbocycles. The normalized spacial score (nSPS) is 34.1. The van der Waals surface area contributed by atoms with E-state index in [4.69, 9.17) is 0 Å². The highest BCUT2D eigenvalue weighted by atomic mass is 16.3. The van der Waals surface area contributed by atoms with Crippen molar-refractivity contribution in [2.45, 2.75) is 32.3 Å². The predicted molar refractivity (Wildman–Crippen MR) is 46.5 cm³/mol. The number of likely N-dealkylation sites (tertiary alicyclic amines) is 1. The Morgan fingerprint density at radius 2 is 2.27 bits per heavy atom. The van der Waals surface area contributed by atoms with Gasteiger partial charge in [-0.2, -0.15) is 0 Å². The molecule has 0 bridgehead atoms. The van der Waals surface area contributed by atoms with Gasteiger partial charge >= 0.3 is 0 Å². The molecule has 0 radical (unpaired) electrons. The molecule has 2 heteroatoms. The van der Waals surface area contributed by atoms with E-state index < -0.39 is 0 Å². The van der Waals surface area contributed by atoms with E-state index in [0.29, 0.717) is 5.92 Å². The molecule has 1 aliphatic rings. The zero-order chi connectivity index (χ0) is 8.27. The van der Waals surface area contributed by atoms with E-state index in [1.54, 1.807) is 0 Å². The van der Waals surface area contributed by atoms with Crippen molar-refractivity contribution in [1.29, 1.82) is 0 Å². The second-order valence-electron chi connectivity index (χ2n) is 3.67. The molecule has 0 aromatic heterocycles. The molecule has 1 fully saturated rings. The molecule has 1 heterocycles. The van der Waals surface area contributed by atoms with Crippen molar-refractivity contribution in [2.24, 2.45) is 5.92 Å². The summed E-state index contributed by atoms with van der Waals surface area (Å²) < 4.78 is 0. The molecule has 11 heavy (non-hydrogen) atoms. The third kappa shape index (κ3) is 2.46. The van der Waals surface area contributed by atoms with Gasteiger partial charge in [0, 0.05) is 6.54 Å². The molecule has 1 aliphatic heterocycles. The number of aliphatic hydroxyl groups excluding tert-OH is 1. The minimum Gasteiger partial charge on any atom is -0.392 e. The number of β-amino-alcohol motifs (C(OH)–C–C–N with tert-alkyl or cyclic N) is 1. The lowest BCUT2D eigenvalue weighted by atomic mass is 9.90. The van der Waals surface area contributed by atoms with Crippen molar-refractivity contribution in [3.8, 4) is 0 Å². The Bertz CT molecular complexity index is 116. The summed E-state index contributed by atoms with van der Waals surface area (Å²) in [6.45, 7) is 4.21. The lowest BCUT2D eigenvalue weighted by Gasteiger charge is -2.33. The summed E-state index contributed by atoms with van der Waals surface area (Å²) >= 11 is 0. The first-order chi connectivity index (χ1) is 5.24. The van der Waals surface area contributed by atoms with Gasteiger partial charge in [-0.15, -0.1) is 0 Å². The summed E-state index contributed by atoms with van der Waals surface area (Å²) in [7, 11) is 2.07. The van der Waals surface area contributed by atoms with Gasteiger partial charge in [0.1, 0.15) is 0 Å². The van der Waals surface area contributed by atoms with Crippen LogP contribution in [0.2, 0.25) is 0 Å². The Hall–Kier alpha value is -0.0800. The lowest BCUT2D eigenvalue weighted by Crippen LogP contribution is -2.41. The highest BCUT2D eigenvalue weighted by Crippen LogP contribution is 2.21. The number of aliphatic hydroxyl groups is 1.